The van der Waals surface area contributed by atoms with E-state index in [1.54, 1.807) is 27.7 Å². The second kappa shape index (κ2) is 6.83. The van der Waals surface area contributed by atoms with Crippen LogP contribution in [0.1, 0.15) is 27.7 Å². The molecule has 0 aromatic heterocycles. The van der Waals surface area contributed by atoms with E-state index in [-0.39, 0.29) is 6.61 Å². The molecule has 0 aromatic carbocycles. The second-order valence-electron chi connectivity index (χ2n) is 5.04. The van der Waals surface area contributed by atoms with Crippen molar-refractivity contribution in [1.82, 2.24) is 5.32 Å². The average Bonchev–Trinajstić information content (AvgIpc) is 2.23. The maximum atomic E-state index is 12.8. The zero-order chi connectivity index (χ0) is 16.0. The smallest absolute Gasteiger partial charge is 0.422 e. The molecule has 2 N–H and O–H groups in total. The largest absolute Gasteiger partial charge is 0.502 e. The van der Waals surface area contributed by atoms with E-state index in [4.69, 9.17) is 4.74 Å². The third-order valence-electron chi connectivity index (χ3n) is 2.00. The molecule has 1 atom stereocenters. The highest BCUT2D eigenvalue weighted by Crippen LogP contribution is 2.31. The quantitative estimate of drug-likeness (QED) is 0.765. The van der Waals surface area contributed by atoms with Gasteiger partial charge in [-0.1, -0.05) is 0 Å². The number of ether oxygens (including phenoxy) is 2. The van der Waals surface area contributed by atoms with E-state index in [0.29, 0.717) is 6.08 Å². The van der Waals surface area contributed by atoms with E-state index < -0.39 is 30.0 Å². The molecule has 0 heterocycles. The number of hydrogen-bond acceptors (Lipinski definition) is 4. The molecule has 0 aliphatic heterocycles. The van der Waals surface area contributed by atoms with E-state index >= 15 is 0 Å². The minimum absolute atomic E-state index is 0.157. The van der Waals surface area contributed by atoms with Gasteiger partial charge in [-0.3, -0.25) is 0 Å². The third kappa shape index (κ3) is 6.65. The molecule has 0 unspecified atom stereocenters. The van der Waals surface area contributed by atoms with Crippen LogP contribution in [0.2, 0.25) is 0 Å². The first kappa shape index (κ1) is 18.6. The normalized spacial score (nSPS) is 15.8. The van der Waals surface area contributed by atoms with Gasteiger partial charge in [0.15, 0.2) is 5.60 Å². The van der Waals surface area contributed by atoms with Crippen LogP contribution in [0.4, 0.5) is 18.0 Å². The van der Waals surface area contributed by atoms with Gasteiger partial charge in [0.2, 0.25) is 0 Å². The lowest BCUT2D eigenvalue weighted by atomic mass is 10.0. The van der Waals surface area contributed by atoms with Crippen LogP contribution < -0.4 is 5.32 Å². The monoisotopic (exact) mass is 299 g/mol. The van der Waals surface area contributed by atoms with Gasteiger partial charge in [0.05, 0.1) is 19.4 Å². The van der Waals surface area contributed by atoms with Crippen molar-refractivity contribution in [2.75, 3.05) is 13.2 Å². The van der Waals surface area contributed by atoms with Gasteiger partial charge in [0.1, 0.15) is 5.60 Å². The van der Waals surface area contributed by atoms with Crippen molar-refractivity contribution in [2.24, 2.45) is 0 Å². The van der Waals surface area contributed by atoms with Gasteiger partial charge in [-0.2, -0.15) is 13.2 Å². The Balaban J connectivity index is 4.73. The zero-order valence-corrected chi connectivity index (χ0v) is 11.9. The summed E-state index contributed by atoms with van der Waals surface area (Å²) in [5.41, 5.74) is -4.07. The fourth-order valence-corrected chi connectivity index (χ4v) is 1.03. The van der Waals surface area contributed by atoms with Crippen LogP contribution in [0.5, 0.6) is 0 Å². The van der Waals surface area contributed by atoms with Crippen LogP contribution in [0.15, 0.2) is 12.3 Å². The number of hydrogen-bond donors (Lipinski definition) is 2. The minimum Gasteiger partial charge on any atom is -0.502 e. The molecule has 1 amide bonds. The molecular weight excluding hydrogens is 279 g/mol. The molecule has 5 nitrogen and oxygen atoms in total. The van der Waals surface area contributed by atoms with Crippen LogP contribution >= 0.6 is 0 Å². The third-order valence-corrected chi connectivity index (χ3v) is 2.00. The van der Waals surface area contributed by atoms with Crippen molar-refractivity contribution >= 4 is 6.09 Å². The number of carbonyl (C=O) groups excluding carboxylic acids is 1. The van der Waals surface area contributed by atoms with Gasteiger partial charge < -0.3 is 19.9 Å². The first-order valence-electron chi connectivity index (χ1n) is 5.96. The van der Waals surface area contributed by atoms with Gasteiger partial charge in [-0.25, -0.2) is 4.79 Å². The number of rotatable bonds is 5. The van der Waals surface area contributed by atoms with Gasteiger partial charge >= 0.3 is 12.3 Å². The molecule has 0 bridgehead atoms. The molecule has 8 heteroatoms. The molecule has 0 fully saturated rings. The fraction of sp³-hybridized carbons (Fsp3) is 0.750. The Labute approximate surface area is 115 Å². The van der Waals surface area contributed by atoms with Crippen LogP contribution in [0.3, 0.4) is 0 Å². The van der Waals surface area contributed by atoms with Crippen LogP contribution in [0.25, 0.3) is 0 Å². The number of aliphatic hydroxyl groups is 1. The lowest BCUT2D eigenvalue weighted by molar-refractivity contribution is -0.237. The predicted octanol–water partition coefficient (Wildman–Crippen LogP) is 2.35. The first-order chi connectivity index (χ1) is 8.91. The fourth-order valence-electron chi connectivity index (χ4n) is 1.03. The van der Waals surface area contributed by atoms with Gasteiger partial charge in [-0.05, 0) is 33.8 Å². The number of alkyl carbamates (subject to hydrolysis) is 1. The zero-order valence-electron chi connectivity index (χ0n) is 11.9. The van der Waals surface area contributed by atoms with Gasteiger partial charge in [-0.15, -0.1) is 0 Å². The predicted molar refractivity (Wildman–Crippen MR) is 66.0 cm³/mol. The molecule has 0 saturated heterocycles. The summed E-state index contributed by atoms with van der Waals surface area (Å²) in [6, 6.07) is 0. The maximum Gasteiger partial charge on any atom is 0.422 e. The minimum atomic E-state index is -4.96. The van der Waals surface area contributed by atoms with Crippen molar-refractivity contribution in [3.8, 4) is 0 Å². The Morgan fingerprint density at radius 3 is 2.25 bits per heavy atom. The van der Waals surface area contributed by atoms with E-state index in [9.17, 15) is 23.1 Å². The highest BCUT2D eigenvalue weighted by atomic mass is 19.4. The Morgan fingerprint density at radius 1 is 1.30 bits per heavy atom. The lowest BCUT2D eigenvalue weighted by Gasteiger charge is -2.28. The van der Waals surface area contributed by atoms with Crippen molar-refractivity contribution in [3.63, 3.8) is 0 Å². The molecule has 20 heavy (non-hydrogen) atoms. The number of carbonyl (C=O) groups is 1. The standard InChI is InChI=1S/C12H20F3NO4/c1-5-19-7-6-11(18,12(13,14)15)8-16-9(17)20-10(2,3)4/h6-7,18H,5,8H2,1-4H3,(H,16,17)/b7-6+/t11-/m0/s1. The number of alkyl halides is 3. The van der Waals surface area contributed by atoms with Crippen LogP contribution in [-0.2, 0) is 9.47 Å². The summed E-state index contributed by atoms with van der Waals surface area (Å²) in [6.45, 7) is 5.36. The average molecular weight is 299 g/mol. The molecule has 0 aromatic rings. The second-order valence-corrected chi connectivity index (χ2v) is 5.04. The SMILES string of the molecule is CCO/C=C/[C@](O)(CNC(=O)OC(C)(C)C)C(F)(F)F. The number of nitrogens with one attached hydrogen (secondary N) is 1. The molecule has 0 aliphatic rings. The summed E-state index contributed by atoms with van der Waals surface area (Å²) < 4.78 is 47.7. The summed E-state index contributed by atoms with van der Waals surface area (Å²) >= 11 is 0. The Kier molecular flexibility index (Phi) is 6.33. The molecule has 118 valence electrons. The summed E-state index contributed by atoms with van der Waals surface area (Å²) in [4.78, 5) is 11.3. The summed E-state index contributed by atoms with van der Waals surface area (Å²) in [7, 11) is 0. The molecule has 0 radical (unpaired) electrons. The summed E-state index contributed by atoms with van der Waals surface area (Å²) in [5, 5.41) is 11.4. The highest BCUT2D eigenvalue weighted by molar-refractivity contribution is 5.67. The van der Waals surface area contributed by atoms with Gasteiger partial charge in [0, 0.05) is 0 Å². The molecule has 0 saturated carbocycles. The molecule has 0 spiro atoms. The van der Waals surface area contributed by atoms with Crippen molar-refractivity contribution in [3.05, 3.63) is 12.3 Å². The first-order valence-corrected chi connectivity index (χ1v) is 5.96. The van der Waals surface area contributed by atoms with Crippen molar-refractivity contribution in [1.29, 1.82) is 0 Å². The topological polar surface area (TPSA) is 67.8 Å². The van der Waals surface area contributed by atoms with E-state index in [1.165, 1.54) is 0 Å². The van der Waals surface area contributed by atoms with Crippen molar-refractivity contribution < 1.29 is 32.5 Å². The maximum absolute atomic E-state index is 12.8. The Morgan fingerprint density at radius 2 is 1.85 bits per heavy atom. The highest BCUT2D eigenvalue weighted by Gasteiger charge is 2.52. The van der Waals surface area contributed by atoms with E-state index in [0.717, 1.165) is 6.26 Å². The van der Waals surface area contributed by atoms with Crippen molar-refractivity contribution in [2.45, 2.75) is 45.1 Å². The molecule has 0 rings (SSSR count). The summed E-state index contributed by atoms with van der Waals surface area (Å²) in [6.07, 6.45) is -4.83. The van der Waals surface area contributed by atoms with E-state index in [2.05, 4.69) is 4.74 Å². The Bertz CT molecular complexity index is 350. The Hall–Kier alpha value is -1.44. The number of amides is 1. The number of halogens is 3. The lowest BCUT2D eigenvalue weighted by Crippen LogP contribution is -2.52. The summed E-state index contributed by atoms with van der Waals surface area (Å²) in [5.74, 6) is 0. The van der Waals surface area contributed by atoms with Crippen LogP contribution in [-0.4, -0.2) is 41.7 Å². The van der Waals surface area contributed by atoms with Crippen LogP contribution in [0, 0.1) is 0 Å². The van der Waals surface area contributed by atoms with Gasteiger partial charge in [0.25, 0.3) is 0 Å². The van der Waals surface area contributed by atoms with E-state index in [1.807, 2.05) is 5.32 Å². The molecular formula is C12H20F3NO4. The molecule has 0 aliphatic carbocycles.